The molecule has 6 N–H and O–H groups in total. The van der Waals surface area contributed by atoms with Crippen molar-refractivity contribution in [1.82, 2.24) is 30.2 Å². The van der Waals surface area contributed by atoms with Crippen molar-refractivity contribution in [3.05, 3.63) is 18.6 Å². The van der Waals surface area contributed by atoms with E-state index in [4.69, 9.17) is 10.7 Å². The fourth-order valence-electron chi connectivity index (χ4n) is 6.01. The molecule has 40 heavy (non-hydrogen) atoms. The zero-order valence-electron chi connectivity index (χ0n) is 26.4. The first-order valence-electron chi connectivity index (χ1n) is 16.0. The smallest absolute Gasteiger partial charge is 0.229 e. The summed E-state index contributed by atoms with van der Waals surface area (Å²) in [7, 11) is 1.50. The summed E-state index contributed by atoms with van der Waals surface area (Å²) in [6.07, 6.45) is 14.3. The summed E-state index contributed by atoms with van der Waals surface area (Å²) in [6, 6.07) is 0.853. The first-order valence-corrected chi connectivity index (χ1v) is 16.0. The van der Waals surface area contributed by atoms with E-state index in [1.54, 1.807) is 0 Å². The highest BCUT2D eigenvalue weighted by Crippen LogP contribution is 2.38. The van der Waals surface area contributed by atoms with Gasteiger partial charge >= 0.3 is 0 Å². The lowest BCUT2D eigenvalue weighted by Gasteiger charge is -2.20. The van der Waals surface area contributed by atoms with E-state index in [0.29, 0.717) is 23.8 Å². The Morgan fingerprint density at radius 1 is 1.07 bits per heavy atom. The van der Waals surface area contributed by atoms with Crippen LogP contribution in [0.3, 0.4) is 0 Å². The topological polar surface area (TPSA) is 123 Å². The number of unbranched alkanes of at least 4 members (excludes halogenated alkanes) is 2. The number of hydrogen-bond donors (Lipinski definition) is 4. The Morgan fingerprint density at radius 2 is 1.82 bits per heavy atom. The van der Waals surface area contributed by atoms with Gasteiger partial charge in [0.25, 0.3) is 0 Å². The van der Waals surface area contributed by atoms with E-state index in [2.05, 4.69) is 63.2 Å². The molecule has 1 aliphatic carbocycles. The number of anilines is 2. The van der Waals surface area contributed by atoms with Gasteiger partial charge in [0.15, 0.2) is 11.5 Å². The van der Waals surface area contributed by atoms with E-state index >= 15 is 0 Å². The van der Waals surface area contributed by atoms with Gasteiger partial charge in [-0.3, -0.25) is 0 Å². The maximum atomic E-state index is 6.31. The van der Waals surface area contributed by atoms with Crippen molar-refractivity contribution < 1.29 is 0 Å². The maximum Gasteiger partial charge on any atom is 0.229 e. The molecular formula is C31H59N9. The predicted octanol–water partition coefficient (Wildman–Crippen LogP) is 5.64. The van der Waals surface area contributed by atoms with Gasteiger partial charge in [-0.05, 0) is 70.5 Å². The van der Waals surface area contributed by atoms with Crippen molar-refractivity contribution in [3.8, 4) is 0 Å². The zero-order chi connectivity index (χ0) is 29.5. The van der Waals surface area contributed by atoms with Crippen LogP contribution in [-0.2, 0) is 0 Å². The summed E-state index contributed by atoms with van der Waals surface area (Å²) in [6.45, 7) is 19.0. The van der Waals surface area contributed by atoms with Crippen LogP contribution in [0.5, 0.6) is 0 Å². The number of nitrogen functional groups attached to an aromatic ring is 1. The van der Waals surface area contributed by atoms with Gasteiger partial charge in [-0.1, -0.05) is 66.9 Å². The van der Waals surface area contributed by atoms with Gasteiger partial charge in [0.1, 0.15) is 5.52 Å². The first-order chi connectivity index (χ1) is 19.5. The number of nitrogens with zero attached hydrogens (tertiary/aromatic N) is 5. The van der Waals surface area contributed by atoms with Gasteiger partial charge in [0, 0.05) is 30.9 Å². The summed E-state index contributed by atoms with van der Waals surface area (Å²) in [5.41, 5.74) is 13.6. The van der Waals surface area contributed by atoms with Crippen LogP contribution in [0.25, 0.3) is 11.2 Å². The lowest BCUT2D eigenvalue weighted by atomic mass is 10.0. The minimum Gasteiger partial charge on any atom is -0.384 e. The number of allylic oxidation sites excluding steroid dienone is 1. The minimum absolute atomic E-state index is 0.382. The maximum absolute atomic E-state index is 6.31. The quantitative estimate of drug-likeness (QED) is 0.312. The van der Waals surface area contributed by atoms with Gasteiger partial charge in [0.05, 0.1) is 6.33 Å². The molecule has 0 bridgehead atoms. The van der Waals surface area contributed by atoms with Crippen molar-refractivity contribution in [1.29, 1.82) is 0 Å². The molecule has 0 aromatic carbocycles. The number of hydrogen-bond acceptors (Lipinski definition) is 8. The fourth-order valence-corrected chi connectivity index (χ4v) is 6.01. The lowest BCUT2D eigenvalue weighted by molar-refractivity contribution is 0.473. The van der Waals surface area contributed by atoms with Crippen molar-refractivity contribution in [3.63, 3.8) is 0 Å². The van der Waals surface area contributed by atoms with Crippen LogP contribution in [0.2, 0.25) is 0 Å². The van der Waals surface area contributed by atoms with E-state index in [-0.39, 0.29) is 0 Å². The van der Waals surface area contributed by atoms with Crippen LogP contribution < -0.4 is 27.0 Å². The largest absolute Gasteiger partial charge is 0.384 e. The molecule has 2 aromatic rings. The molecule has 9 heteroatoms. The predicted molar refractivity (Wildman–Crippen MR) is 172 cm³/mol. The van der Waals surface area contributed by atoms with Crippen LogP contribution in [0, 0.1) is 11.8 Å². The molecule has 9 nitrogen and oxygen atoms in total. The molecule has 2 unspecified atom stereocenters. The molecule has 0 radical (unpaired) electrons. The Kier molecular flexibility index (Phi) is 15.3. The summed E-state index contributed by atoms with van der Waals surface area (Å²) in [4.78, 5) is 16.4. The normalized spacial score (nSPS) is 23.5. The second kappa shape index (κ2) is 18.1. The second-order valence-electron chi connectivity index (χ2n) is 11.1. The minimum atomic E-state index is 0.382. The van der Waals surface area contributed by atoms with Crippen molar-refractivity contribution in [2.75, 3.05) is 43.9 Å². The summed E-state index contributed by atoms with van der Waals surface area (Å²) >= 11 is 0. The molecule has 2 saturated heterocycles. The third-order valence-electron chi connectivity index (χ3n) is 8.20. The molecule has 0 amide bonds. The van der Waals surface area contributed by atoms with Crippen molar-refractivity contribution >= 4 is 22.9 Å². The molecular weight excluding hydrogens is 498 g/mol. The molecule has 5 rings (SSSR count). The van der Waals surface area contributed by atoms with Gasteiger partial charge in [-0.25, -0.2) is 4.98 Å². The number of aromatic nitrogens is 4. The van der Waals surface area contributed by atoms with Gasteiger partial charge in [-0.15, -0.1) is 0 Å². The molecule has 3 fully saturated rings. The van der Waals surface area contributed by atoms with Crippen molar-refractivity contribution in [2.24, 2.45) is 17.6 Å². The van der Waals surface area contributed by atoms with Crippen LogP contribution in [0.1, 0.15) is 105 Å². The number of nitrogens with one attached hydrogen (secondary N) is 2. The molecule has 2 aliphatic heterocycles. The van der Waals surface area contributed by atoms with E-state index in [1.807, 2.05) is 20.2 Å². The van der Waals surface area contributed by atoms with E-state index in [9.17, 15) is 0 Å². The Labute approximate surface area is 244 Å². The molecule has 3 aliphatic rings. The van der Waals surface area contributed by atoms with E-state index in [0.717, 1.165) is 67.7 Å². The average molecular weight is 558 g/mol. The summed E-state index contributed by atoms with van der Waals surface area (Å²) in [5, 5.41) is 7.09. The van der Waals surface area contributed by atoms with Crippen LogP contribution in [0.4, 0.5) is 11.8 Å². The van der Waals surface area contributed by atoms with Gasteiger partial charge in [0.2, 0.25) is 5.95 Å². The summed E-state index contributed by atoms with van der Waals surface area (Å²) in [5.74, 6) is 2.73. The molecule has 4 heterocycles. The van der Waals surface area contributed by atoms with Gasteiger partial charge in [-0.2, -0.15) is 9.97 Å². The van der Waals surface area contributed by atoms with E-state index < -0.39 is 0 Å². The molecule has 4 atom stereocenters. The van der Waals surface area contributed by atoms with E-state index in [1.165, 1.54) is 58.4 Å². The number of fused-ring (bicyclic) bond motifs is 1. The Hall–Kier alpha value is -2.39. The Bertz CT molecular complexity index is 981. The number of rotatable bonds is 9. The Balaban J connectivity index is 0.000000554. The standard InChI is InChI=1S/C23H36N8.C5H12.C2H6.CH5N/c1-3-16-4-5-19(11-16)31-14-26-20-21(24)28-23(29-22(20)31)30-9-7-18(13-30)27-15(2)10-17-6-8-25-12-17;1-3-5-4-2;2*1-2/h14,16-19,25,27H,2-13H2,1H3,(H2,24,28,29);3-5H2,1-2H3;1-2H3;2H2,1H3/t16?,17-,18+,19?;;;/m0.../s1. The lowest BCUT2D eigenvalue weighted by Crippen LogP contribution is -2.33. The molecule has 0 spiro atoms. The van der Waals surface area contributed by atoms with Crippen molar-refractivity contribution in [2.45, 2.75) is 111 Å². The zero-order valence-corrected chi connectivity index (χ0v) is 26.4. The summed E-state index contributed by atoms with van der Waals surface area (Å²) < 4.78 is 2.25. The van der Waals surface area contributed by atoms with Crippen LogP contribution in [-0.4, -0.2) is 58.8 Å². The highest BCUT2D eigenvalue weighted by atomic mass is 15.3. The van der Waals surface area contributed by atoms with Crippen LogP contribution >= 0.6 is 0 Å². The second-order valence-corrected chi connectivity index (χ2v) is 11.1. The third-order valence-corrected chi connectivity index (χ3v) is 8.20. The highest BCUT2D eigenvalue weighted by Gasteiger charge is 2.29. The number of imidazole rings is 1. The molecule has 228 valence electrons. The highest BCUT2D eigenvalue weighted by molar-refractivity contribution is 5.83. The fraction of sp³-hybridized carbons (Fsp3) is 0.774. The average Bonchev–Trinajstić information content (AvgIpc) is 3.79. The third kappa shape index (κ3) is 9.33. The van der Waals surface area contributed by atoms with Crippen LogP contribution in [0.15, 0.2) is 18.6 Å². The molecule has 1 saturated carbocycles. The van der Waals surface area contributed by atoms with Gasteiger partial charge < -0.3 is 31.6 Å². The molecule has 2 aromatic heterocycles. The first kappa shape index (κ1) is 33.8. The monoisotopic (exact) mass is 557 g/mol. The SMILES string of the molecule is C=C(C[C@@H]1CCNC1)N[C@@H]1CCN(c2nc(N)c3ncn(C4CCC(CC)C4)c3n2)C1.CC.CCCCC.CN. The number of nitrogens with two attached hydrogens (primary N) is 2. The Morgan fingerprint density at radius 3 is 2.42 bits per heavy atom.